The number of rotatable bonds is 5. The fraction of sp³-hybridized carbons (Fsp3) is 0.333. The summed E-state index contributed by atoms with van der Waals surface area (Å²) in [7, 11) is 3.08. The lowest BCUT2D eigenvalue weighted by Gasteiger charge is -2.20. The van der Waals surface area contributed by atoms with Gasteiger partial charge in [0.1, 0.15) is 5.75 Å². The Morgan fingerprint density at radius 3 is 2.43 bits per heavy atom. The molecular weight excluding hydrogens is 397 g/mol. The van der Waals surface area contributed by atoms with Gasteiger partial charge in [0.05, 0.1) is 18.0 Å². The van der Waals surface area contributed by atoms with Gasteiger partial charge in [-0.05, 0) is 31.3 Å². The van der Waals surface area contributed by atoms with E-state index in [4.69, 9.17) is 4.74 Å². The molecule has 1 aliphatic rings. The van der Waals surface area contributed by atoms with Gasteiger partial charge in [0, 0.05) is 25.3 Å². The Hall–Kier alpha value is -2.91. The zero-order valence-corrected chi connectivity index (χ0v) is 17.5. The van der Waals surface area contributed by atoms with Gasteiger partial charge in [-0.1, -0.05) is 38.1 Å². The van der Waals surface area contributed by atoms with Crippen molar-refractivity contribution in [1.82, 2.24) is 4.98 Å². The molecule has 2 N–H and O–H groups in total. The van der Waals surface area contributed by atoms with Crippen molar-refractivity contribution >= 4 is 11.5 Å². The number of benzene rings is 1. The first-order valence-electron chi connectivity index (χ1n) is 9.37. The summed E-state index contributed by atoms with van der Waals surface area (Å²) in [6.07, 6.45) is -0.436. The van der Waals surface area contributed by atoms with E-state index in [1.807, 2.05) is 19.9 Å². The van der Waals surface area contributed by atoms with Crippen LogP contribution in [-0.2, 0) is 4.74 Å². The lowest BCUT2D eigenvalue weighted by Crippen LogP contribution is -2.20. The third-order valence-electron chi connectivity index (χ3n) is 3.52. The smallest absolute Gasteiger partial charge is 0.405 e. The van der Waals surface area contributed by atoms with Crippen molar-refractivity contribution < 1.29 is 22.6 Å². The molecule has 0 atom stereocenters. The molecule has 1 aromatic carbocycles. The highest BCUT2D eigenvalue weighted by atomic mass is 19.4. The number of pyridine rings is 1. The Morgan fingerprint density at radius 2 is 1.77 bits per heavy atom. The highest BCUT2D eigenvalue weighted by Gasteiger charge is 2.32. The summed E-state index contributed by atoms with van der Waals surface area (Å²) in [4.78, 5) is 4.43. The number of para-hydroxylation sites is 1. The minimum Gasteiger partial charge on any atom is -0.405 e. The monoisotopic (exact) mass is 424 g/mol. The van der Waals surface area contributed by atoms with Crippen LogP contribution in [0.3, 0.4) is 0 Å². The molecule has 0 fully saturated rings. The fourth-order valence-corrected chi connectivity index (χ4v) is 2.49. The van der Waals surface area contributed by atoms with E-state index in [0.29, 0.717) is 24.5 Å². The molecule has 9 heteroatoms. The van der Waals surface area contributed by atoms with E-state index in [2.05, 4.69) is 20.6 Å². The number of methoxy groups -OCH3 is 1. The SMILES string of the molecule is CC.CN.COCC1=NN(c2cccc(-c3ccccc3OC(F)(F)F)n2)C=CC1. The van der Waals surface area contributed by atoms with E-state index in [1.165, 1.54) is 25.2 Å². The van der Waals surface area contributed by atoms with E-state index in [0.717, 1.165) is 5.71 Å². The molecule has 3 rings (SSSR count). The number of hydrazone groups is 1. The van der Waals surface area contributed by atoms with Gasteiger partial charge in [0.25, 0.3) is 0 Å². The van der Waals surface area contributed by atoms with Crippen molar-refractivity contribution in [3.8, 4) is 17.0 Å². The molecule has 0 radical (unpaired) electrons. The van der Waals surface area contributed by atoms with E-state index in [-0.39, 0.29) is 11.3 Å². The molecule has 0 saturated carbocycles. The lowest BCUT2D eigenvalue weighted by atomic mass is 10.1. The van der Waals surface area contributed by atoms with Crippen LogP contribution in [0.5, 0.6) is 5.75 Å². The zero-order chi connectivity index (χ0) is 22.6. The maximum absolute atomic E-state index is 12.6. The molecular formula is C21H27F3N4O2. The van der Waals surface area contributed by atoms with Crippen molar-refractivity contribution in [2.75, 3.05) is 25.8 Å². The number of anilines is 1. The first-order chi connectivity index (χ1) is 14.5. The van der Waals surface area contributed by atoms with Crippen LogP contribution < -0.4 is 15.5 Å². The molecule has 2 aromatic rings. The van der Waals surface area contributed by atoms with E-state index in [1.54, 1.807) is 42.6 Å². The molecule has 30 heavy (non-hydrogen) atoms. The van der Waals surface area contributed by atoms with Crippen molar-refractivity contribution in [2.24, 2.45) is 10.8 Å². The molecule has 0 aliphatic carbocycles. The molecule has 1 aromatic heterocycles. The Labute approximate surface area is 174 Å². The van der Waals surface area contributed by atoms with Crippen LogP contribution in [0, 0.1) is 0 Å². The second-order valence-electron chi connectivity index (χ2n) is 5.46. The number of alkyl halides is 3. The largest absolute Gasteiger partial charge is 0.573 e. The van der Waals surface area contributed by atoms with E-state index < -0.39 is 6.36 Å². The Balaban J connectivity index is 0.00000106. The number of ether oxygens (including phenoxy) is 2. The van der Waals surface area contributed by atoms with E-state index >= 15 is 0 Å². The normalized spacial score (nSPS) is 12.8. The first kappa shape index (κ1) is 25.1. The van der Waals surface area contributed by atoms with Crippen molar-refractivity contribution in [3.05, 3.63) is 54.7 Å². The summed E-state index contributed by atoms with van der Waals surface area (Å²) in [5.74, 6) is 0.177. The van der Waals surface area contributed by atoms with Crippen LogP contribution in [0.15, 0.2) is 59.8 Å². The number of allylic oxidation sites excluding steroid dienone is 1. The average Bonchev–Trinajstić information content (AvgIpc) is 2.76. The highest BCUT2D eigenvalue weighted by Crippen LogP contribution is 2.33. The quantitative estimate of drug-likeness (QED) is 0.733. The minimum absolute atomic E-state index is 0.244. The molecule has 0 saturated heterocycles. The van der Waals surface area contributed by atoms with Crippen molar-refractivity contribution in [2.45, 2.75) is 26.6 Å². The van der Waals surface area contributed by atoms with Crippen LogP contribution in [-0.4, -0.2) is 37.8 Å². The number of aromatic nitrogens is 1. The zero-order valence-electron chi connectivity index (χ0n) is 17.5. The summed E-state index contributed by atoms with van der Waals surface area (Å²) in [5, 5.41) is 5.99. The summed E-state index contributed by atoms with van der Waals surface area (Å²) >= 11 is 0. The highest BCUT2D eigenvalue weighted by molar-refractivity contribution is 5.88. The van der Waals surface area contributed by atoms with Gasteiger partial charge in [0.15, 0.2) is 5.82 Å². The number of hydrogen-bond donors (Lipinski definition) is 1. The van der Waals surface area contributed by atoms with Crippen LogP contribution in [0.4, 0.5) is 19.0 Å². The Morgan fingerprint density at radius 1 is 1.07 bits per heavy atom. The maximum Gasteiger partial charge on any atom is 0.573 e. The number of halogens is 3. The van der Waals surface area contributed by atoms with Gasteiger partial charge in [0.2, 0.25) is 0 Å². The Bertz CT molecular complexity index is 839. The number of nitrogens with zero attached hydrogens (tertiary/aromatic N) is 3. The third kappa shape index (κ3) is 7.49. The Kier molecular flexibility index (Phi) is 10.6. The number of nitrogens with two attached hydrogens (primary N) is 1. The van der Waals surface area contributed by atoms with Crippen molar-refractivity contribution in [1.29, 1.82) is 0 Å². The third-order valence-corrected chi connectivity index (χ3v) is 3.52. The molecule has 0 bridgehead atoms. The maximum atomic E-state index is 12.6. The average molecular weight is 424 g/mol. The van der Waals surface area contributed by atoms with Crippen LogP contribution in [0.1, 0.15) is 20.3 Å². The van der Waals surface area contributed by atoms with Gasteiger partial charge < -0.3 is 15.2 Å². The first-order valence-corrected chi connectivity index (χ1v) is 9.37. The van der Waals surface area contributed by atoms with Gasteiger partial charge in [-0.15, -0.1) is 13.2 Å². The second kappa shape index (κ2) is 12.6. The summed E-state index contributed by atoms with van der Waals surface area (Å²) in [6, 6.07) is 10.9. The summed E-state index contributed by atoms with van der Waals surface area (Å²) in [5.41, 5.74) is 5.92. The molecule has 0 spiro atoms. The molecule has 0 unspecified atom stereocenters. The second-order valence-corrected chi connectivity index (χ2v) is 5.46. The molecule has 6 nitrogen and oxygen atoms in total. The van der Waals surface area contributed by atoms with Gasteiger partial charge in [-0.3, -0.25) is 0 Å². The molecule has 2 heterocycles. The predicted octanol–water partition coefficient (Wildman–Crippen LogP) is 4.97. The predicted molar refractivity (Wildman–Crippen MR) is 113 cm³/mol. The van der Waals surface area contributed by atoms with Gasteiger partial charge >= 0.3 is 6.36 Å². The molecule has 164 valence electrons. The van der Waals surface area contributed by atoms with Gasteiger partial charge in [-0.2, -0.15) is 5.10 Å². The van der Waals surface area contributed by atoms with Gasteiger partial charge in [-0.25, -0.2) is 9.99 Å². The fourth-order valence-electron chi connectivity index (χ4n) is 2.49. The standard InChI is InChI=1S/C18H16F3N3O2.C2H6.CH5N/c1-25-12-13-6-5-11-24(23-13)17-10-4-8-15(22-17)14-7-2-3-9-16(14)26-18(19,20)21;2*1-2/h2-5,7-11H,6,12H2,1H3;1-2H3;2H2,1H3. The van der Waals surface area contributed by atoms with Crippen LogP contribution >= 0.6 is 0 Å². The molecule has 1 aliphatic heterocycles. The number of hydrogen-bond acceptors (Lipinski definition) is 6. The van der Waals surface area contributed by atoms with E-state index in [9.17, 15) is 13.2 Å². The van der Waals surface area contributed by atoms with Crippen molar-refractivity contribution in [3.63, 3.8) is 0 Å². The lowest BCUT2D eigenvalue weighted by molar-refractivity contribution is -0.274. The molecule has 0 amide bonds. The van der Waals surface area contributed by atoms with Crippen LogP contribution in [0.2, 0.25) is 0 Å². The van der Waals surface area contributed by atoms with Crippen LogP contribution in [0.25, 0.3) is 11.3 Å². The summed E-state index contributed by atoms with van der Waals surface area (Å²) in [6.45, 7) is 4.39. The topological polar surface area (TPSA) is 73.0 Å². The minimum atomic E-state index is -4.78. The summed E-state index contributed by atoms with van der Waals surface area (Å²) < 4.78 is 47.1.